The molecule has 0 saturated carbocycles. The molecule has 1 nitrogen and oxygen atoms in total. The van der Waals surface area contributed by atoms with Crippen LogP contribution in [0.1, 0.15) is 0 Å². The van der Waals surface area contributed by atoms with E-state index in [4.69, 9.17) is 4.74 Å². The van der Waals surface area contributed by atoms with Crippen LogP contribution in [-0.4, -0.2) is 7.11 Å². The Hall–Kier alpha value is -1.83. The second-order valence-electron chi connectivity index (χ2n) is 3.21. The fourth-order valence-corrected chi connectivity index (χ4v) is 1.52. The number of halogens is 1. The second-order valence-corrected chi connectivity index (χ2v) is 3.21. The molecule has 2 heteroatoms. The van der Waals surface area contributed by atoms with Crippen LogP contribution in [-0.2, 0) is 0 Å². The molecule has 2 aromatic rings. The van der Waals surface area contributed by atoms with Gasteiger partial charge in [0.1, 0.15) is 11.6 Å². The minimum absolute atomic E-state index is 0.255. The number of benzene rings is 2. The van der Waals surface area contributed by atoms with Crippen molar-refractivity contribution in [2.75, 3.05) is 7.11 Å². The van der Waals surface area contributed by atoms with Crippen molar-refractivity contribution < 1.29 is 9.13 Å². The van der Waals surface area contributed by atoms with Gasteiger partial charge in [-0.05, 0) is 23.8 Å². The summed E-state index contributed by atoms with van der Waals surface area (Å²) in [5.74, 6) is 0.428. The molecule has 0 aromatic heterocycles. The topological polar surface area (TPSA) is 9.23 Å². The van der Waals surface area contributed by atoms with Crippen molar-refractivity contribution in [1.82, 2.24) is 0 Å². The third-order valence-electron chi connectivity index (χ3n) is 2.25. The van der Waals surface area contributed by atoms with Gasteiger partial charge < -0.3 is 4.74 Å². The summed E-state index contributed by atoms with van der Waals surface area (Å²) in [7, 11) is 1.58. The highest BCUT2D eigenvalue weighted by Gasteiger charge is 2.05. The van der Waals surface area contributed by atoms with Crippen LogP contribution in [0.2, 0.25) is 0 Å². The maximum absolute atomic E-state index is 13.1. The van der Waals surface area contributed by atoms with Gasteiger partial charge in [0.25, 0.3) is 0 Å². The number of ether oxygens (including phenoxy) is 1. The molecule has 0 aliphatic carbocycles. The normalized spacial score (nSPS) is 10.0. The Kier molecular flexibility index (Phi) is 2.68. The van der Waals surface area contributed by atoms with Gasteiger partial charge in [0, 0.05) is 5.56 Å². The van der Waals surface area contributed by atoms with E-state index in [1.165, 1.54) is 12.1 Å². The zero-order chi connectivity index (χ0) is 10.7. The van der Waals surface area contributed by atoms with E-state index >= 15 is 0 Å². The molecule has 0 radical (unpaired) electrons. The quantitative estimate of drug-likeness (QED) is 0.724. The lowest BCUT2D eigenvalue weighted by atomic mass is 10.0. The largest absolute Gasteiger partial charge is 0.496 e. The van der Waals surface area contributed by atoms with Crippen molar-refractivity contribution in [3.8, 4) is 16.9 Å². The molecular weight excluding hydrogens is 191 g/mol. The minimum Gasteiger partial charge on any atom is -0.496 e. The number of hydrogen-bond acceptors (Lipinski definition) is 1. The molecule has 0 atom stereocenters. The average molecular weight is 202 g/mol. The summed E-state index contributed by atoms with van der Waals surface area (Å²) in [6.45, 7) is 0. The molecule has 2 aromatic carbocycles. The van der Waals surface area contributed by atoms with Gasteiger partial charge in [0.2, 0.25) is 0 Å². The van der Waals surface area contributed by atoms with Gasteiger partial charge in [-0.1, -0.05) is 30.3 Å². The van der Waals surface area contributed by atoms with E-state index in [-0.39, 0.29) is 5.82 Å². The van der Waals surface area contributed by atoms with Gasteiger partial charge in [0.05, 0.1) is 7.11 Å². The third kappa shape index (κ3) is 1.99. The molecule has 0 unspecified atom stereocenters. The van der Waals surface area contributed by atoms with Crippen LogP contribution < -0.4 is 4.74 Å². The number of rotatable bonds is 2. The van der Waals surface area contributed by atoms with E-state index in [9.17, 15) is 4.39 Å². The fourth-order valence-electron chi connectivity index (χ4n) is 1.52. The van der Waals surface area contributed by atoms with Gasteiger partial charge in [-0.2, -0.15) is 0 Å². The lowest BCUT2D eigenvalue weighted by Crippen LogP contribution is -1.88. The van der Waals surface area contributed by atoms with Crippen molar-refractivity contribution in [3.63, 3.8) is 0 Å². The SMILES string of the molecule is COc1ccc(F)cc1-c1ccccc1. The van der Waals surface area contributed by atoms with Crippen molar-refractivity contribution in [1.29, 1.82) is 0 Å². The van der Waals surface area contributed by atoms with Crippen molar-refractivity contribution >= 4 is 0 Å². The van der Waals surface area contributed by atoms with E-state index in [0.717, 1.165) is 11.1 Å². The molecule has 2 rings (SSSR count). The third-order valence-corrected chi connectivity index (χ3v) is 2.25. The molecule has 0 bridgehead atoms. The van der Waals surface area contributed by atoms with E-state index < -0.39 is 0 Å². The summed E-state index contributed by atoms with van der Waals surface area (Å²) in [5.41, 5.74) is 1.73. The van der Waals surface area contributed by atoms with Gasteiger partial charge in [-0.3, -0.25) is 0 Å². The second kappa shape index (κ2) is 4.13. The van der Waals surface area contributed by atoms with Crippen molar-refractivity contribution in [3.05, 3.63) is 54.3 Å². The fraction of sp³-hybridized carbons (Fsp3) is 0.0769. The Labute approximate surface area is 88.1 Å². The van der Waals surface area contributed by atoms with Crippen molar-refractivity contribution in [2.24, 2.45) is 0 Å². The molecule has 0 N–H and O–H groups in total. The van der Waals surface area contributed by atoms with Crippen LogP contribution in [0.5, 0.6) is 5.75 Å². The highest BCUT2D eigenvalue weighted by molar-refractivity contribution is 5.70. The molecule has 0 aliphatic rings. The summed E-state index contributed by atoms with van der Waals surface area (Å²) in [5, 5.41) is 0. The average Bonchev–Trinajstić information content (AvgIpc) is 2.30. The van der Waals surface area contributed by atoms with Gasteiger partial charge in [0.15, 0.2) is 0 Å². The predicted octanol–water partition coefficient (Wildman–Crippen LogP) is 3.50. The molecular formula is C13H11FO. The first kappa shape index (κ1) is 9.71. The Balaban J connectivity index is 2.56. The molecule has 15 heavy (non-hydrogen) atoms. The standard InChI is InChI=1S/C13H11FO/c1-15-13-8-7-11(14)9-12(13)10-5-3-2-4-6-10/h2-9H,1H3. The summed E-state index contributed by atoms with van der Waals surface area (Å²) >= 11 is 0. The molecule has 0 amide bonds. The summed E-state index contributed by atoms with van der Waals surface area (Å²) in [6, 6.07) is 14.1. The van der Waals surface area contributed by atoms with Crippen LogP contribution in [0.15, 0.2) is 48.5 Å². The Morgan fingerprint density at radius 2 is 1.73 bits per heavy atom. The lowest BCUT2D eigenvalue weighted by Gasteiger charge is -2.08. The highest BCUT2D eigenvalue weighted by atomic mass is 19.1. The molecule has 0 heterocycles. The van der Waals surface area contributed by atoms with E-state index in [1.807, 2.05) is 30.3 Å². The van der Waals surface area contributed by atoms with Crippen LogP contribution in [0.25, 0.3) is 11.1 Å². The van der Waals surface area contributed by atoms with Crippen LogP contribution >= 0.6 is 0 Å². The van der Waals surface area contributed by atoms with E-state index in [0.29, 0.717) is 5.75 Å². The molecule has 0 saturated heterocycles. The zero-order valence-corrected chi connectivity index (χ0v) is 8.41. The predicted molar refractivity (Wildman–Crippen MR) is 58.4 cm³/mol. The van der Waals surface area contributed by atoms with Crippen molar-refractivity contribution in [2.45, 2.75) is 0 Å². The summed E-state index contributed by atoms with van der Waals surface area (Å²) in [4.78, 5) is 0. The Bertz CT molecular complexity index is 451. The van der Waals surface area contributed by atoms with Gasteiger partial charge in [-0.15, -0.1) is 0 Å². The van der Waals surface area contributed by atoms with Crippen LogP contribution in [0.4, 0.5) is 4.39 Å². The minimum atomic E-state index is -0.255. The van der Waals surface area contributed by atoms with Gasteiger partial charge in [-0.25, -0.2) is 4.39 Å². The van der Waals surface area contributed by atoms with Gasteiger partial charge >= 0.3 is 0 Å². The molecule has 0 spiro atoms. The smallest absolute Gasteiger partial charge is 0.126 e. The first-order valence-corrected chi connectivity index (χ1v) is 4.70. The Morgan fingerprint density at radius 3 is 2.40 bits per heavy atom. The Morgan fingerprint density at radius 1 is 1.00 bits per heavy atom. The molecule has 0 aliphatic heterocycles. The maximum atomic E-state index is 13.1. The number of hydrogen-bond donors (Lipinski definition) is 0. The highest BCUT2D eigenvalue weighted by Crippen LogP contribution is 2.30. The first-order valence-electron chi connectivity index (χ1n) is 4.70. The molecule has 0 fully saturated rings. The monoisotopic (exact) mass is 202 g/mol. The first-order chi connectivity index (χ1) is 7.31. The lowest BCUT2D eigenvalue weighted by molar-refractivity contribution is 0.415. The van der Waals surface area contributed by atoms with E-state index in [1.54, 1.807) is 13.2 Å². The molecule has 76 valence electrons. The van der Waals surface area contributed by atoms with Crippen LogP contribution in [0.3, 0.4) is 0 Å². The summed E-state index contributed by atoms with van der Waals surface area (Å²) in [6.07, 6.45) is 0. The van der Waals surface area contributed by atoms with Crippen LogP contribution in [0, 0.1) is 5.82 Å². The zero-order valence-electron chi connectivity index (χ0n) is 8.41. The van der Waals surface area contributed by atoms with E-state index in [2.05, 4.69) is 0 Å². The maximum Gasteiger partial charge on any atom is 0.126 e. The summed E-state index contributed by atoms with van der Waals surface area (Å²) < 4.78 is 18.3. The number of methoxy groups -OCH3 is 1.